The highest BCUT2D eigenvalue weighted by Gasteiger charge is 2.03. The Balaban J connectivity index is 1.80. The van der Waals surface area contributed by atoms with Gasteiger partial charge in [0.25, 0.3) is 0 Å². The molecule has 0 aliphatic rings. The number of aromatic hydroxyl groups is 1. The van der Waals surface area contributed by atoms with E-state index in [-0.39, 0.29) is 5.75 Å². The van der Waals surface area contributed by atoms with Gasteiger partial charge in [-0.1, -0.05) is 6.07 Å². The fourth-order valence-electron chi connectivity index (χ4n) is 2.00. The van der Waals surface area contributed by atoms with Crippen LogP contribution in [0.15, 0.2) is 70.1 Å². The molecule has 4 nitrogen and oxygen atoms in total. The monoisotopic (exact) mass is 288 g/mol. The zero-order chi connectivity index (χ0) is 15.4. The number of hydrogen-bond acceptors (Lipinski definition) is 4. The second kappa shape index (κ2) is 5.98. The summed E-state index contributed by atoms with van der Waals surface area (Å²) in [6.45, 7) is 0. The van der Waals surface area contributed by atoms with E-state index in [0.29, 0.717) is 22.8 Å². The molecule has 1 N–H and O–H groups in total. The maximum absolute atomic E-state index is 9.39. The number of furan rings is 1. The van der Waals surface area contributed by atoms with Crippen molar-refractivity contribution in [3.63, 3.8) is 0 Å². The second-order valence-electron chi connectivity index (χ2n) is 4.67. The van der Waals surface area contributed by atoms with E-state index >= 15 is 0 Å². The van der Waals surface area contributed by atoms with Gasteiger partial charge in [0.05, 0.1) is 23.5 Å². The Morgan fingerprint density at radius 2 is 1.86 bits per heavy atom. The number of benzene rings is 2. The van der Waals surface area contributed by atoms with Gasteiger partial charge in [0.15, 0.2) is 0 Å². The molecule has 0 fully saturated rings. The molecule has 0 saturated heterocycles. The van der Waals surface area contributed by atoms with Crippen molar-refractivity contribution in [2.45, 2.75) is 0 Å². The van der Waals surface area contributed by atoms with Gasteiger partial charge in [-0.2, -0.15) is 5.26 Å². The van der Waals surface area contributed by atoms with Crippen LogP contribution in [0.5, 0.6) is 5.75 Å². The number of aliphatic imine (C=N–C) groups is 1. The molecule has 0 amide bonds. The molecule has 0 aliphatic heterocycles. The van der Waals surface area contributed by atoms with Crippen LogP contribution in [0.4, 0.5) is 5.69 Å². The summed E-state index contributed by atoms with van der Waals surface area (Å²) >= 11 is 0. The summed E-state index contributed by atoms with van der Waals surface area (Å²) in [5.41, 5.74) is 2.16. The zero-order valence-corrected chi connectivity index (χ0v) is 11.6. The molecule has 2 aromatic carbocycles. The van der Waals surface area contributed by atoms with Gasteiger partial charge in [-0.25, -0.2) is 0 Å². The van der Waals surface area contributed by atoms with Crippen molar-refractivity contribution in [3.05, 3.63) is 72.0 Å². The van der Waals surface area contributed by atoms with Crippen LogP contribution in [0.1, 0.15) is 11.3 Å². The van der Waals surface area contributed by atoms with Crippen molar-refractivity contribution in [1.82, 2.24) is 0 Å². The van der Waals surface area contributed by atoms with Crippen LogP contribution in [0, 0.1) is 11.3 Å². The lowest BCUT2D eigenvalue weighted by Gasteiger charge is -1.96. The van der Waals surface area contributed by atoms with Gasteiger partial charge in [0.2, 0.25) is 0 Å². The third kappa shape index (κ3) is 3.05. The van der Waals surface area contributed by atoms with Gasteiger partial charge in [0.1, 0.15) is 17.3 Å². The summed E-state index contributed by atoms with van der Waals surface area (Å²) in [5, 5.41) is 18.2. The Morgan fingerprint density at radius 1 is 1.05 bits per heavy atom. The highest BCUT2D eigenvalue weighted by molar-refractivity contribution is 5.80. The number of hydrogen-bond donors (Lipinski definition) is 1. The fraction of sp³-hybridized carbons (Fsp3) is 0. The Labute approximate surface area is 127 Å². The van der Waals surface area contributed by atoms with Crippen molar-refractivity contribution < 1.29 is 9.52 Å². The SMILES string of the molecule is N#Cc1ccc(-c2ccc(C=Nc3cccc(O)c3)o2)cc1. The van der Waals surface area contributed by atoms with Crippen LogP contribution in [-0.4, -0.2) is 11.3 Å². The third-order valence-electron chi connectivity index (χ3n) is 3.10. The van der Waals surface area contributed by atoms with Crippen molar-refractivity contribution >= 4 is 11.9 Å². The van der Waals surface area contributed by atoms with E-state index in [1.807, 2.05) is 24.3 Å². The summed E-state index contributed by atoms with van der Waals surface area (Å²) in [6.07, 6.45) is 1.60. The molecular weight excluding hydrogens is 276 g/mol. The van der Waals surface area contributed by atoms with Crippen LogP contribution in [0.3, 0.4) is 0 Å². The topological polar surface area (TPSA) is 69.5 Å². The Kier molecular flexibility index (Phi) is 3.71. The Morgan fingerprint density at radius 3 is 2.59 bits per heavy atom. The number of phenolic OH excluding ortho intramolecular Hbond substituents is 1. The molecule has 0 atom stereocenters. The van der Waals surface area contributed by atoms with E-state index in [2.05, 4.69) is 11.1 Å². The molecule has 3 rings (SSSR count). The van der Waals surface area contributed by atoms with E-state index in [1.165, 1.54) is 0 Å². The molecule has 0 unspecified atom stereocenters. The lowest BCUT2D eigenvalue weighted by atomic mass is 10.1. The van der Waals surface area contributed by atoms with E-state index in [9.17, 15) is 5.11 Å². The average molecular weight is 288 g/mol. The lowest BCUT2D eigenvalue weighted by Crippen LogP contribution is -1.77. The van der Waals surface area contributed by atoms with E-state index in [0.717, 1.165) is 5.56 Å². The van der Waals surface area contributed by atoms with Gasteiger partial charge < -0.3 is 9.52 Å². The highest BCUT2D eigenvalue weighted by atomic mass is 16.3. The van der Waals surface area contributed by atoms with E-state index in [4.69, 9.17) is 9.68 Å². The maximum atomic E-state index is 9.39. The van der Waals surface area contributed by atoms with Crippen molar-refractivity contribution in [2.75, 3.05) is 0 Å². The molecule has 0 spiro atoms. The minimum atomic E-state index is 0.173. The molecular formula is C18H12N2O2. The molecule has 106 valence electrons. The lowest BCUT2D eigenvalue weighted by molar-refractivity contribution is 0.475. The smallest absolute Gasteiger partial charge is 0.145 e. The molecule has 0 saturated carbocycles. The largest absolute Gasteiger partial charge is 0.508 e. The molecule has 22 heavy (non-hydrogen) atoms. The van der Waals surface area contributed by atoms with Crippen molar-refractivity contribution in [3.8, 4) is 23.1 Å². The van der Waals surface area contributed by atoms with Gasteiger partial charge in [0, 0.05) is 11.6 Å². The third-order valence-corrected chi connectivity index (χ3v) is 3.10. The van der Waals surface area contributed by atoms with Crippen LogP contribution >= 0.6 is 0 Å². The Bertz CT molecular complexity index is 855. The maximum Gasteiger partial charge on any atom is 0.145 e. The van der Waals surface area contributed by atoms with Crippen LogP contribution in [0.2, 0.25) is 0 Å². The van der Waals surface area contributed by atoms with Gasteiger partial charge >= 0.3 is 0 Å². The summed E-state index contributed by atoms with van der Waals surface area (Å²) in [7, 11) is 0. The van der Waals surface area contributed by atoms with Crippen LogP contribution < -0.4 is 0 Å². The normalized spacial score (nSPS) is 10.7. The van der Waals surface area contributed by atoms with Crippen LogP contribution in [-0.2, 0) is 0 Å². The number of nitrogens with zero attached hydrogens (tertiary/aromatic N) is 2. The first-order valence-electron chi connectivity index (χ1n) is 6.68. The first-order valence-corrected chi connectivity index (χ1v) is 6.68. The van der Waals surface area contributed by atoms with E-state index in [1.54, 1.807) is 42.6 Å². The standard InChI is InChI=1S/C18H12N2O2/c19-11-13-4-6-14(7-5-13)18-9-8-17(22-18)12-20-15-2-1-3-16(21)10-15/h1-10,12,21H. The molecule has 0 radical (unpaired) electrons. The fourth-order valence-corrected chi connectivity index (χ4v) is 2.00. The Hall–Kier alpha value is -3.32. The van der Waals surface area contributed by atoms with E-state index < -0.39 is 0 Å². The van der Waals surface area contributed by atoms with Gasteiger partial charge in [-0.05, 0) is 48.5 Å². The molecule has 1 aromatic heterocycles. The number of rotatable bonds is 3. The summed E-state index contributed by atoms with van der Waals surface area (Å²) < 4.78 is 5.70. The minimum Gasteiger partial charge on any atom is -0.508 e. The van der Waals surface area contributed by atoms with Gasteiger partial charge in [-0.15, -0.1) is 0 Å². The zero-order valence-electron chi connectivity index (χ0n) is 11.6. The van der Waals surface area contributed by atoms with Crippen molar-refractivity contribution in [1.29, 1.82) is 5.26 Å². The molecule has 0 aliphatic carbocycles. The predicted molar refractivity (Wildman–Crippen MR) is 84.2 cm³/mol. The summed E-state index contributed by atoms with van der Waals surface area (Å²) in [6, 6.07) is 19.6. The number of nitriles is 1. The van der Waals surface area contributed by atoms with Crippen molar-refractivity contribution in [2.24, 2.45) is 4.99 Å². The second-order valence-corrected chi connectivity index (χ2v) is 4.67. The molecule has 3 aromatic rings. The predicted octanol–water partition coefficient (Wildman–Crippen LogP) is 4.27. The average Bonchev–Trinajstić information content (AvgIpc) is 3.02. The first-order chi connectivity index (χ1) is 10.7. The minimum absolute atomic E-state index is 0.173. The quantitative estimate of drug-likeness (QED) is 0.731. The summed E-state index contributed by atoms with van der Waals surface area (Å²) in [4.78, 5) is 4.25. The first kappa shape index (κ1) is 13.7. The molecule has 0 bridgehead atoms. The highest BCUT2D eigenvalue weighted by Crippen LogP contribution is 2.23. The summed E-state index contributed by atoms with van der Waals surface area (Å²) in [5.74, 6) is 1.50. The molecule has 4 heteroatoms. The number of phenols is 1. The van der Waals surface area contributed by atoms with Crippen LogP contribution in [0.25, 0.3) is 11.3 Å². The van der Waals surface area contributed by atoms with Gasteiger partial charge in [-0.3, -0.25) is 4.99 Å². The molecule has 1 heterocycles.